The summed E-state index contributed by atoms with van der Waals surface area (Å²) in [6, 6.07) is 6.91. The summed E-state index contributed by atoms with van der Waals surface area (Å²) < 4.78 is 0. The van der Waals surface area contributed by atoms with E-state index in [4.69, 9.17) is 0 Å². The first kappa shape index (κ1) is 18.0. The zero-order valence-corrected chi connectivity index (χ0v) is 13.9. The number of carbonyl (C=O) groups excluding carboxylic acids is 2. The van der Waals surface area contributed by atoms with Crippen LogP contribution in [0.2, 0.25) is 0 Å². The Bertz CT molecular complexity index is 615. The Morgan fingerprint density at radius 2 is 1.71 bits per heavy atom. The Morgan fingerprint density at radius 1 is 1.08 bits per heavy atom. The minimum atomic E-state index is -0.907. The van der Waals surface area contributed by atoms with Crippen molar-refractivity contribution in [2.24, 2.45) is 11.8 Å². The predicted molar refractivity (Wildman–Crippen MR) is 91.7 cm³/mol. The molecular weight excluding hydrogens is 308 g/mol. The third-order valence-corrected chi connectivity index (χ3v) is 4.31. The molecule has 1 aliphatic carbocycles. The Labute approximate surface area is 141 Å². The number of carboxylic acid groups (broad SMARTS) is 1. The zero-order chi connectivity index (χ0) is 17.5. The first-order valence-electron chi connectivity index (χ1n) is 8.45. The van der Waals surface area contributed by atoms with Crippen molar-refractivity contribution >= 4 is 29.2 Å². The third kappa shape index (κ3) is 4.81. The molecule has 2 rings (SSSR count). The minimum absolute atomic E-state index is 0.0702. The second kappa shape index (κ2) is 8.47. The lowest BCUT2D eigenvalue weighted by Crippen LogP contribution is -2.36. The summed E-state index contributed by atoms with van der Waals surface area (Å²) >= 11 is 0. The summed E-state index contributed by atoms with van der Waals surface area (Å²) in [6.45, 7) is 1.93. The van der Waals surface area contributed by atoms with Gasteiger partial charge in [-0.1, -0.05) is 25.8 Å². The Balaban J connectivity index is 2.03. The number of benzene rings is 1. The van der Waals surface area contributed by atoms with Gasteiger partial charge in [0.05, 0.1) is 11.8 Å². The van der Waals surface area contributed by atoms with E-state index in [-0.39, 0.29) is 11.8 Å². The molecule has 130 valence electrons. The van der Waals surface area contributed by atoms with Crippen LogP contribution in [0.3, 0.4) is 0 Å². The monoisotopic (exact) mass is 332 g/mol. The van der Waals surface area contributed by atoms with Crippen LogP contribution < -0.4 is 10.6 Å². The van der Waals surface area contributed by atoms with E-state index in [0.29, 0.717) is 30.6 Å². The Morgan fingerprint density at radius 3 is 2.33 bits per heavy atom. The third-order valence-electron chi connectivity index (χ3n) is 4.31. The number of rotatable bonds is 6. The van der Waals surface area contributed by atoms with Gasteiger partial charge in [-0.3, -0.25) is 14.4 Å². The lowest BCUT2D eigenvalue weighted by molar-refractivity contribution is -0.147. The molecule has 1 aromatic carbocycles. The summed E-state index contributed by atoms with van der Waals surface area (Å²) in [4.78, 5) is 35.4. The highest BCUT2D eigenvalue weighted by atomic mass is 16.4. The average molecular weight is 332 g/mol. The van der Waals surface area contributed by atoms with Gasteiger partial charge in [0.2, 0.25) is 11.8 Å². The topological polar surface area (TPSA) is 95.5 Å². The van der Waals surface area contributed by atoms with E-state index >= 15 is 0 Å². The number of amides is 2. The summed E-state index contributed by atoms with van der Waals surface area (Å²) in [5.74, 6) is -2.37. The molecule has 6 nitrogen and oxygen atoms in total. The number of carbonyl (C=O) groups is 3. The van der Waals surface area contributed by atoms with E-state index in [1.807, 2.05) is 6.92 Å². The quantitative estimate of drug-likeness (QED) is 0.745. The van der Waals surface area contributed by atoms with E-state index in [9.17, 15) is 19.5 Å². The fraction of sp³-hybridized carbons (Fsp3) is 0.500. The lowest BCUT2D eigenvalue weighted by atomic mass is 9.78. The van der Waals surface area contributed by atoms with Crippen molar-refractivity contribution < 1.29 is 19.5 Å². The number of hydrogen-bond donors (Lipinski definition) is 3. The second-order valence-corrected chi connectivity index (χ2v) is 6.20. The van der Waals surface area contributed by atoms with Crippen molar-refractivity contribution in [2.45, 2.75) is 45.4 Å². The van der Waals surface area contributed by atoms with Crippen LogP contribution in [0.1, 0.15) is 45.4 Å². The fourth-order valence-corrected chi connectivity index (χ4v) is 3.10. The van der Waals surface area contributed by atoms with E-state index in [1.54, 1.807) is 24.3 Å². The van der Waals surface area contributed by atoms with Crippen molar-refractivity contribution in [1.29, 1.82) is 0 Å². The standard InChI is InChI=1S/C18H24N2O4/c1-2-6-16(21)19-12-7-5-8-13(11-12)20-17(22)14-9-3-4-10-15(14)18(23)24/h5,7-8,11,14-15H,2-4,6,9-10H2,1H3,(H,19,21)(H,20,22)(H,23,24). The molecule has 2 amide bonds. The van der Waals surface area contributed by atoms with Gasteiger partial charge in [0, 0.05) is 17.8 Å². The maximum Gasteiger partial charge on any atom is 0.307 e. The number of nitrogens with one attached hydrogen (secondary N) is 2. The Hall–Kier alpha value is -2.37. The number of aliphatic carboxylic acids is 1. The normalized spacial score (nSPS) is 20.2. The van der Waals surface area contributed by atoms with Crippen molar-refractivity contribution in [1.82, 2.24) is 0 Å². The van der Waals surface area contributed by atoms with Crippen LogP contribution in [0.4, 0.5) is 11.4 Å². The van der Waals surface area contributed by atoms with Gasteiger partial charge in [-0.25, -0.2) is 0 Å². The van der Waals surface area contributed by atoms with Crippen molar-refractivity contribution in [3.05, 3.63) is 24.3 Å². The van der Waals surface area contributed by atoms with Gasteiger partial charge in [-0.05, 0) is 37.5 Å². The van der Waals surface area contributed by atoms with Crippen LogP contribution in [-0.2, 0) is 14.4 Å². The van der Waals surface area contributed by atoms with Gasteiger partial charge in [0.15, 0.2) is 0 Å². The maximum absolute atomic E-state index is 12.5. The highest BCUT2D eigenvalue weighted by Gasteiger charge is 2.35. The molecule has 6 heteroatoms. The molecule has 0 bridgehead atoms. The molecule has 1 aromatic rings. The van der Waals surface area contributed by atoms with E-state index in [1.165, 1.54) is 0 Å². The van der Waals surface area contributed by atoms with Gasteiger partial charge in [0.1, 0.15) is 0 Å². The van der Waals surface area contributed by atoms with Gasteiger partial charge in [-0.2, -0.15) is 0 Å². The van der Waals surface area contributed by atoms with Crippen LogP contribution in [0.5, 0.6) is 0 Å². The van der Waals surface area contributed by atoms with Crippen molar-refractivity contribution in [3.63, 3.8) is 0 Å². The molecule has 0 spiro atoms. The smallest absolute Gasteiger partial charge is 0.307 e. The van der Waals surface area contributed by atoms with E-state index in [2.05, 4.69) is 10.6 Å². The Kier molecular flexibility index (Phi) is 6.35. The molecule has 1 saturated carbocycles. The van der Waals surface area contributed by atoms with Crippen LogP contribution in [-0.4, -0.2) is 22.9 Å². The van der Waals surface area contributed by atoms with Gasteiger partial charge in [-0.15, -0.1) is 0 Å². The number of carboxylic acids is 1. The number of anilines is 2. The summed E-state index contributed by atoms with van der Waals surface area (Å²) in [5, 5.41) is 14.9. The van der Waals surface area contributed by atoms with Crippen LogP contribution in [0.25, 0.3) is 0 Å². The largest absolute Gasteiger partial charge is 0.481 e. The van der Waals surface area contributed by atoms with Gasteiger partial charge >= 0.3 is 5.97 Å². The van der Waals surface area contributed by atoms with Crippen molar-refractivity contribution in [2.75, 3.05) is 10.6 Å². The second-order valence-electron chi connectivity index (χ2n) is 6.20. The molecule has 0 radical (unpaired) electrons. The molecule has 2 atom stereocenters. The molecule has 3 N–H and O–H groups in total. The molecular formula is C18H24N2O4. The van der Waals surface area contributed by atoms with Crippen molar-refractivity contribution in [3.8, 4) is 0 Å². The fourth-order valence-electron chi connectivity index (χ4n) is 3.10. The summed E-state index contributed by atoms with van der Waals surface area (Å²) in [5.41, 5.74) is 1.17. The average Bonchev–Trinajstić information content (AvgIpc) is 2.55. The van der Waals surface area contributed by atoms with Crippen LogP contribution >= 0.6 is 0 Å². The zero-order valence-electron chi connectivity index (χ0n) is 13.9. The predicted octanol–water partition coefficient (Wildman–Crippen LogP) is 3.25. The first-order chi connectivity index (χ1) is 11.5. The van der Waals surface area contributed by atoms with Gasteiger partial charge < -0.3 is 15.7 Å². The first-order valence-corrected chi connectivity index (χ1v) is 8.45. The minimum Gasteiger partial charge on any atom is -0.481 e. The van der Waals surface area contributed by atoms with Gasteiger partial charge in [0.25, 0.3) is 0 Å². The molecule has 0 aliphatic heterocycles. The molecule has 0 saturated heterocycles. The molecule has 24 heavy (non-hydrogen) atoms. The lowest BCUT2D eigenvalue weighted by Gasteiger charge is -2.27. The van der Waals surface area contributed by atoms with Crippen LogP contribution in [0, 0.1) is 11.8 Å². The van der Waals surface area contributed by atoms with E-state index < -0.39 is 17.8 Å². The summed E-state index contributed by atoms with van der Waals surface area (Å²) in [7, 11) is 0. The SMILES string of the molecule is CCCC(=O)Nc1cccc(NC(=O)C2CCCCC2C(=O)O)c1. The molecule has 1 fully saturated rings. The highest BCUT2D eigenvalue weighted by molar-refractivity contribution is 5.96. The highest BCUT2D eigenvalue weighted by Crippen LogP contribution is 2.31. The molecule has 0 aromatic heterocycles. The molecule has 1 aliphatic rings. The molecule has 2 unspecified atom stereocenters. The van der Waals surface area contributed by atoms with Crippen LogP contribution in [0.15, 0.2) is 24.3 Å². The number of hydrogen-bond acceptors (Lipinski definition) is 3. The maximum atomic E-state index is 12.5. The summed E-state index contributed by atoms with van der Waals surface area (Å²) in [6.07, 6.45) is 4.06. The van der Waals surface area contributed by atoms with E-state index in [0.717, 1.165) is 19.3 Å². The molecule has 0 heterocycles.